The molecule has 0 fully saturated rings. The van der Waals surface area contributed by atoms with E-state index in [2.05, 4.69) is 9.97 Å². The Morgan fingerprint density at radius 1 is 0.905 bits per heavy atom. The van der Waals surface area contributed by atoms with Crippen LogP contribution in [0.5, 0.6) is 0 Å². The molecular formula is C18H12N2O. The van der Waals surface area contributed by atoms with E-state index in [4.69, 9.17) is 0 Å². The summed E-state index contributed by atoms with van der Waals surface area (Å²) in [6, 6.07) is 11.5. The highest BCUT2D eigenvalue weighted by Gasteiger charge is 2.31. The van der Waals surface area contributed by atoms with Crippen LogP contribution in [0.4, 0.5) is 0 Å². The molecule has 0 radical (unpaired) electrons. The maximum Gasteiger partial charge on any atom is 0.196 e. The molecule has 0 unspecified atom stereocenters. The zero-order valence-electron chi connectivity index (χ0n) is 11.5. The second kappa shape index (κ2) is 4.35. The van der Waals surface area contributed by atoms with Crippen LogP contribution >= 0.6 is 0 Å². The molecule has 1 aliphatic rings. The second-order valence-corrected chi connectivity index (χ2v) is 5.15. The fraction of sp³-hybridized carbons (Fsp3) is 0.0556. The molecule has 3 aromatic rings. The van der Waals surface area contributed by atoms with Gasteiger partial charge in [-0.25, -0.2) is 0 Å². The molecule has 3 heteroatoms. The Labute approximate surface area is 122 Å². The third-order valence-electron chi connectivity index (χ3n) is 3.90. The normalized spacial score (nSPS) is 12.1. The zero-order chi connectivity index (χ0) is 14.4. The number of hydrogen-bond acceptors (Lipinski definition) is 3. The lowest BCUT2D eigenvalue weighted by atomic mass is 9.94. The van der Waals surface area contributed by atoms with Crippen LogP contribution in [0, 0.1) is 6.92 Å². The molecule has 21 heavy (non-hydrogen) atoms. The minimum atomic E-state index is 0.0515. The van der Waals surface area contributed by atoms with Gasteiger partial charge in [0.2, 0.25) is 0 Å². The van der Waals surface area contributed by atoms with Gasteiger partial charge in [0.25, 0.3) is 0 Å². The molecule has 3 nitrogen and oxygen atoms in total. The molecule has 2 heterocycles. The second-order valence-electron chi connectivity index (χ2n) is 5.15. The number of pyridine rings is 2. The summed E-state index contributed by atoms with van der Waals surface area (Å²) in [6.07, 6.45) is 5.25. The van der Waals surface area contributed by atoms with E-state index in [1.54, 1.807) is 18.6 Å². The van der Waals surface area contributed by atoms with Gasteiger partial charge in [-0.05, 0) is 36.2 Å². The highest BCUT2D eigenvalue weighted by Crippen LogP contribution is 2.42. The van der Waals surface area contributed by atoms with Crippen molar-refractivity contribution in [1.29, 1.82) is 0 Å². The lowest BCUT2D eigenvalue weighted by Gasteiger charge is -2.09. The van der Waals surface area contributed by atoms with Crippen LogP contribution in [-0.2, 0) is 0 Å². The number of hydrogen-bond donors (Lipinski definition) is 0. The Kier molecular flexibility index (Phi) is 2.48. The number of nitrogens with zero attached hydrogens (tertiary/aromatic N) is 2. The van der Waals surface area contributed by atoms with Gasteiger partial charge in [-0.1, -0.05) is 18.2 Å². The molecule has 4 rings (SSSR count). The van der Waals surface area contributed by atoms with Crippen LogP contribution in [0.1, 0.15) is 21.5 Å². The summed E-state index contributed by atoms with van der Waals surface area (Å²) in [5.41, 5.74) is 6.13. The van der Waals surface area contributed by atoms with Crippen molar-refractivity contribution in [2.45, 2.75) is 6.92 Å². The molecule has 0 saturated carbocycles. The number of ketones is 1. The van der Waals surface area contributed by atoms with Crippen molar-refractivity contribution in [2.75, 3.05) is 0 Å². The molecule has 0 saturated heterocycles. The van der Waals surface area contributed by atoms with Crippen molar-refractivity contribution >= 4 is 5.78 Å². The van der Waals surface area contributed by atoms with Gasteiger partial charge in [0, 0.05) is 40.8 Å². The van der Waals surface area contributed by atoms with Gasteiger partial charge < -0.3 is 0 Å². The first-order valence-corrected chi connectivity index (χ1v) is 6.81. The van der Waals surface area contributed by atoms with E-state index in [1.807, 2.05) is 43.3 Å². The van der Waals surface area contributed by atoms with Crippen molar-refractivity contribution in [3.8, 4) is 22.4 Å². The molecule has 0 amide bonds. The molecule has 0 bridgehead atoms. The third kappa shape index (κ3) is 1.64. The summed E-state index contributed by atoms with van der Waals surface area (Å²) in [7, 11) is 0. The quantitative estimate of drug-likeness (QED) is 0.531. The third-order valence-corrected chi connectivity index (χ3v) is 3.90. The number of aryl methyl sites for hydroxylation is 1. The van der Waals surface area contributed by atoms with E-state index in [1.165, 1.54) is 0 Å². The molecule has 0 N–H and O–H groups in total. The summed E-state index contributed by atoms with van der Waals surface area (Å²) in [5, 5.41) is 0. The van der Waals surface area contributed by atoms with Crippen molar-refractivity contribution in [3.05, 3.63) is 71.7 Å². The van der Waals surface area contributed by atoms with Crippen LogP contribution in [0.25, 0.3) is 22.4 Å². The van der Waals surface area contributed by atoms with Crippen LogP contribution in [-0.4, -0.2) is 15.8 Å². The van der Waals surface area contributed by atoms with Crippen LogP contribution in [0.3, 0.4) is 0 Å². The van der Waals surface area contributed by atoms with Crippen LogP contribution < -0.4 is 0 Å². The summed E-state index contributed by atoms with van der Waals surface area (Å²) in [6.45, 7) is 2.02. The Hall–Kier alpha value is -2.81. The minimum absolute atomic E-state index is 0.0515. The summed E-state index contributed by atoms with van der Waals surface area (Å²) < 4.78 is 0. The topological polar surface area (TPSA) is 42.9 Å². The lowest BCUT2D eigenvalue weighted by molar-refractivity contribution is 0.104. The van der Waals surface area contributed by atoms with Gasteiger partial charge in [-0.2, -0.15) is 0 Å². The highest BCUT2D eigenvalue weighted by molar-refractivity contribution is 6.24. The van der Waals surface area contributed by atoms with Crippen LogP contribution in [0.15, 0.2) is 55.0 Å². The Morgan fingerprint density at radius 2 is 1.76 bits per heavy atom. The predicted octanol–water partition coefficient (Wildman–Crippen LogP) is 3.66. The number of rotatable bonds is 1. The molecule has 0 spiro atoms. The predicted molar refractivity (Wildman–Crippen MR) is 81.1 cm³/mol. The number of fused-ring (bicyclic) bond motifs is 3. The maximum absolute atomic E-state index is 12.8. The first kappa shape index (κ1) is 12.0. The molecule has 100 valence electrons. The Bertz CT molecular complexity index is 870. The minimum Gasteiger partial charge on any atom is -0.288 e. The van der Waals surface area contributed by atoms with Gasteiger partial charge in [0.1, 0.15) is 0 Å². The number of carbonyl (C=O) groups excluding carboxylic acids is 1. The molecule has 0 aliphatic heterocycles. The van der Waals surface area contributed by atoms with Gasteiger partial charge in [-0.15, -0.1) is 0 Å². The average molecular weight is 272 g/mol. The average Bonchev–Trinajstić information content (AvgIpc) is 2.84. The van der Waals surface area contributed by atoms with Crippen LogP contribution in [0.2, 0.25) is 0 Å². The molecular weight excluding hydrogens is 260 g/mol. The van der Waals surface area contributed by atoms with Gasteiger partial charge in [0.15, 0.2) is 5.78 Å². The van der Waals surface area contributed by atoms with Crippen molar-refractivity contribution in [1.82, 2.24) is 9.97 Å². The molecule has 1 aromatic carbocycles. The van der Waals surface area contributed by atoms with Crippen molar-refractivity contribution in [2.24, 2.45) is 0 Å². The monoisotopic (exact) mass is 272 g/mol. The van der Waals surface area contributed by atoms with Crippen molar-refractivity contribution < 1.29 is 4.79 Å². The standard InChI is InChI=1S/C18H12N2O/c1-11-6-7-13(12-4-2-8-19-10-12)16-15(11)17-14(18(16)21)5-3-9-20-17/h2-10H,1H3. The number of carbonyl (C=O) groups is 1. The first-order valence-electron chi connectivity index (χ1n) is 6.81. The van der Waals surface area contributed by atoms with E-state index in [0.717, 1.165) is 33.5 Å². The fourth-order valence-electron chi connectivity index (χ4n) is 2.93. The van der Waals surface area contributed by atoms with Gasteiger partial charge in [0.05, 0.1) is 5.69 Å². The SMILES string of the molecule is Cc1ccc(-c2cccnc2)c2c1-c1ncccc1C2=O. The number of benzene rings is 1. The number of aromatic nitrogens is 2. The van der Waals surface area contributed by atoms with Gasteiger partial charge >= 0.3 is 0 Å². The molecule has 0 atom stereocenters. The summed E-state index contributed by atoms with van der Waals surface area (Å²) in [4.78, 5) is 21.3. The largest absolute Gasteiger partial charge is 0.288 e. The maximum atomic E-state index is 12.8. The zero-order valence-corrected chi connectivity index (χ0v) is 11.5. The highest BCUT2D eigenvalue weighted by atomic mass is 16.1. The van der Waals surface area contributed by atoms with E-state index >= 15 is 0 Å². The van der Waals surface area contributed by atoms with E-state index in [9.17, 15) is 4.79 Å². The summed E-state index contributed by atoms with van der Waals surface area (Å²) in [5.74, 6) is 0.0515. The fourth-order valence-corrected chi connectivity index (χ4v) is 2.93. The Morgan fingerprint density at radius 3 is 2.57 bits per heavy atom. The molecule has 2 aromatic heterocycles. The van der Waals surface area contributed by atoms with Gasteiger partial charge in [-0.3, -0.25) is 14.8 Å². The van der Waals surface area contributed by atoms with E-state index in [-0.39, 0.29) is 5.78 Å². The lowest BCUT2D eigenvalue weighted by Crippen LogP contribution is -1.99. The Balaban J connectivity index is 2.07. The first-order chi connectivity index (χ1) is 10.3. The van der Waals surface area contributed by atoms with E-state index < -0.39 is 0 Å². The van der Waals surface area contributed by atoms with E-state index in [0.29, 0.717) is 5.56 Å². The summed E-state index contributed by atoms with van der Waals surface area (Å²) >= 11 is 0. The smallest absolute Gasteiger partial charge is 0.196 e. The molecule has 1 aliphatic carbocycles. The van der Waals surface area contributed by atoms with Crippen molar-refractivity contribution in [3.63, 3.8) is 0 Å².